The molecule has 6 nitrogen and oxygen atoms in total. The Bertz CT molecular complexity index is 778. The van der Waals surface area contributed by atoms with Crippen molar-refractivity contribution in [1.82, 2.24) is 24.7 Å². The van der Waals surface area contributed by atoms with Crippen LogP contribution in [0.3, 0.4) is 0 Å². The number of rotatable bonds is 5. The van der Waals surface area contributed by atoms with E-state index in [0.717, 1.165) is 29.5 Å². The minimum absolute atomic E-state index is 0.219. The summed E-state index contributed by atoms with van der Waals surface area (Å²) in [5.41, 5.74) is 3.07. The number of aryl methyl sites for hydroxylation is 2. The highest BCUT2D eigenvalue weighted by molar-refractivity contribution is 5.51. The van der Waals surface area contributed by atoms with Gasteiger partial charge in [-0.3, -0.25) is 4.98 Å². The molecule has 1 atom stereocenters. The van der Waals surface area contributed by atoms with Crippen LogP contribution in [-0.2, 0) is 13.5 Å². The Morgan fingerprint density at radius 3 is 2.65 bits per heavy atom. The fraction of sp³-hybridized carbons (Fsp3) is 0.294. The van der Waals surface area contributed by atoms with Gasteiger partial charge in [0.15, 0.2) is 5.82 Å². The Morgan fingerprint density at radius 2 is 2.00 bits per heavy atom. The van der Waals surface area contributed by atoms with Crippen molar-refractivity contribution >= 4 is 5.82 Å². The average molecular weight is 308 g/mol. The van der Waals surface area contributed by atoms with E-state index in [9.17, 15) is 0 Å². The van der Waals surface area contributed by atoms with Crippen LogP contribution in [0, 0.1) is 6.92 Å². The first kappa shape index (κ1) is 15.1. The van der Waals surface area contributed by atoms with Crippen LogP contribution in [-0.4, -0.2) is 30.8 Å². The summed E-state index contributed by atoms with van der Waals surface area (Å²) >= 11 is 0. The SMILES string of the molecule is Cc1cccnc1C[C@@H](C)Nc1ccc(-c2nccn2C)nn1. The summed E-state index contributed by atoms with van der Waals surface area (Å²) in [7, 11) is 1.94. The molecule has 0 bridgehead atoms. The lowest BCUT2D eigenvalue weighted by atomic mass is 10.1. The molecule has 0 amide bonds. The molecule has 0 unspecified atom stereocenters. The van der Waals surface area contributed by atoms with Crippen LogP contribution in [0.1, 0.15) is 18.2 Å². The predicted molar refractivity (Wildman–Crippen MR) is 90.0 cm³/mol. The van der Waals surface area contributed by atoms with Gasteiger partial charge in [0, 0.05) is 43.8 Å². The first-order valence-electron chi connectivity index (χ1n) is 7.62. The molecule has 0 aromatic carbocycles. The number of nitrogens with one attached hydrogen (secondary N) is 1. The zero-order chi connectivity index (χ0) is 16.2. The minimum atomic E-state index is 0.219. The third kappa shape index (κ3) is 3.53. The summed E-state index contributed by atoms with van der Waals surface area (Å²) in [6, 6.07) is 8.11. The van der Waals surface area contributed by atoms with Crippen molar-refractivity contribution in [3.8, 4) is 11.5 Å². The van der Waals surface area contributed by atoms with Crippen molar-refractivity contribution < 1.29 is 0 Å². The summed E-state index contributed by atoms with van der Waals surface area (Å²) in [6.07, 6.45) is 6.31. The predicted octanol–water partition coefficient (Wildman–Crippen LogP) is 2.62. The van der Waals surface area contributed by atoms with Crippen LogP contribution in [0.5, 0.6) is 0 Å². The van der Waals surface area contributed by atoms with Gasteiger partial charge in [-0.1, -0.05) is 6.07 Å². The molecule has 0 aliphatic rings. The van der Waals surface area contributed by atoms with Crippen molar-refractivity contribution in [3.63, 3.8) is 0 Å². The lowest BCUT2D eigenvalue weighted by Gasteiger charge is -2.15. The van der Waals surface area contributed by atoms with Gasteiger partial charge in [0.2, 0.25) is 0 Å². The van der Waals surface area contributed by atoms with Crippen molar-refractivity contribution in [3.05, 3.63) is 54.1 Å². The Hall–Kier alpha value is -2.76. The lowest BCUT2D eigenvalue weighted by Crippen LogP contribution is -2.20. The molecule has 0 saturated heterocycles. The number of aromatic nitrogens is 5. The maximum absolute atomic E-state index is 4.43. The minimum Gasteiger partial charge on any atom is -0.366 e. The number of hydrogen-bond donors (Lipinski definition) is 1. The van der Waals surface area contributed by atoms with Crippen molar-refractivity contribution in [1.29, 1.82) is 0 Å². The van der Waals surface area contributed by atoms with E-state index in [4.69, 9.17) is 0 Å². The van der Waals surface area contributed by atoms with Crippen LogP contribution in [0.15, 0.2) is 42.9 Å². The molecule has 23 heavy (non-hydrogen) atoms. The second-order valence-corrected chi connectivity index (χ2v) is 5.68. The second kappa shape index (κ2) is 6.56. The Labute approximate surface area is 135 Å². The van der Waals surface area contributed by atoms with Gasteiger partial charge in [-0.05, 0) is 37.6 Å². The molecule has 0 aliphatic carbocycles. The van der Waals surface area contributed by atoms with Crippen molar-refractivity contribution in [2.45, 2.75) is 26.3 Å². The number of anilines is 1. The maximum Gasteiger partial charge on any atom is 0.160 e. The normalized spacial score (nSPS) is 12.1. The third-order valence-electron chi connectivity index (χ3n) is 3.73. The zero-order valence-electron chi connectivity index (χ0n) is 13.6. The van der Waals surface area contributed by atoms with E-state index in [-0.39, 0.29) is 6.04 Å². The second-order valence-electron chi connectivity index (χ2n) is 5.68. The Morgan fingerprint density at radius 1 is 1.13 bits per heavy atom. The molecule has 6 heteroatoms. The van der Waals surface area contributed by atoms with Gasteiger partial charge in [0.25, 0.3) is 0 Å². The summed E-state index contributed by atoms with van der Waals surface area (Å²) in [6.45, 7) is 4.19. The van der Waals surface area contributed by atoms with E-state index in [1.54, 1.807) is 6.20 Å². The molecule has 0 saturated carbocycles. The van der Waals surface area contributed by atoms with Crippen LogP contribution < -0.4 is 5.32 Å². The highest BCUT2D eigenvalue weighted by Gasteiger charge is 2.09. The summed E-state index contributed by atoms with van der Waals surface area (Å²) in [5, 5.41) is 11.9. The molecule has 118 valence electrons. The van der Waals surface area contributed by atoms with Gasteiger partial charge < -0.3 is 9.88 Å². The van der Waals surface area contributed by atoms with Gasteiger partial charge in [-0.25, -0.2) is 4.98 Å². The van der Waals surface area contributed by atoms with E-state index in [0.29, 0.717) is 0 Å². The number of imidazole rings is 1. The van der Waals surface area contributed by atoms with Crippen molar-refractivity contribution in [2.75, 3.05) is 5.32 Å². The van der Waals surface area contributed by atoms with E-state index in [1.807, 2.05) is 42.2 Å². The molecule has 3 heterocycles. The summed E-state index contributed by atoms with van der Waals surface area (Å²) in [4.78, 5) is 8.70. The maximum atomic E-state index is 4.43. The highest BCUT2D eigenvalue weighted by atomic mass is 15.2. The molecule has 3 aromatic rings. The Kier molecular flexibility index (Phi) is 4.32. The van der Waals surface area contributed by atoms with Crippen LogP contribution in [0.2, 0.25) is 0 Å². The molecular formula is C17H20N6. The van der Waals surface area contributed by atoms with Gasteiger partial charge in [0.05, 0.1) is 0 Å². The molecule has 0 spiro atoms. The average Bonchev–Trinajstić information content (AvgIpc) is 2.96. The first-order chi connectivity index (χ1) is 11.1. The van der Waals surface area contributed by atoms with Crippen LogP contribution >= 0.6 is 0 Å². The smallest absolute Gasteiger partial charge is 0.160 e. The van der Waals surface area contributed by atoms with E-state index < -0.39 is 0 Å². The molecular weight excluding hydrogens is 288 g/mol. The molecule has 3 rings (SSSR count). The third-order valence-corrected chi connectivity index (χ3v) is 3.73. The molecule has 0 fully saturated rings. The van der Waals surface area contributed by atoms with Gasteiger partial charge in [-0.2, -0.15) is 0 Å². The number of pyridine rings is 1. The topological polar surface area (TPSA) is 68.5 Å². The highest BCUT2D eigenvalue weighted by Crippen LogP contribution is 2.15. The van der Waals surface area contributed by atoms with Gasteiger partial charge in [0.1, 0.15) is 11.5 Å². The van der Waals surface area contributed by atoms with Gasteiger partial charge in [-0.15, -0.1) is 10.2 Å². The fourth-order valence-electron chi connectivity index (χ4n) is 2.47. The molecule has 0 radical (unpaired) electrons. The summed E-state index contributed by atoms with van der Waals surface area (Å²) < 4.78 is 1.92. The van der Waals surface area contributed by atoms with Gasteiger partial charge >= 0.3 is 0 Å². The monoisotopic (exact) mass is 308 g/mol. The molecule has 3 aromatic heterocycles. The van der Waals surface area contributed by atoms with E-state index in [1.165, 1.54) is 5.56 Å². The Balaban J connectivity index is 1.66. The summed E-state index contributed by atoms with van der Waals surface area (Å²) in [5.74, 6) is 1.56. The van der Waals surface area contributed by atoms with E-state index >= 15 is 0 Å². The zero-order valence-corrected chi connectivity index (χ0v) is 13.6. The lowest BCUT2D eigenvalue weighted by molar-refractivity contribution is 0.755. The quantitative estimate of drug-likeness (QED) is 0.784. The first-order valence-corrected chi connectivity index (χ1v) is 7.62. The van der Waals surface area contributed by atoms with E-state index in [2.05, 4.69) is 45.4 Å². The van der Waals surface area contributed by atoms with Crippen LogP contribution in [0.25, 0.3) is 11.5 Å². The number of hydrogen-bond acceptors (Lipinski definition) is 5. The van der Waals surface area contributed by atoms with Crippen LogP contribution in [0.4, 0.5) is 5.82 Å². The molecule has 1 N–H and O–H groups in total. The largest absolute Gasteiger partial charge is 0.366 e. The number of nitrogens with zero attached hydrogens (tertiary/aromatic N) is 5. The molecule has 0 aliphatic heterocycles. The standard InChI is InChI=1S/C17H20N6/c1-12-5-4-8-18-15(12)11-13(2)20-16-7-6-14(21-22-16)17-19-9-10-23(17)3/h4-10,13H,11H2,1-3H3,(H,20,22)/t13-/m1/s1. The van der Waals surface area contributed by atoms with Crippen molar-refractivity contribution in [2.24, 2.45) is 7.05 Å². The fourth-order valence-corrected chi connectivity index (χ4v) is 2.47.